The van der Waals surface area contributed by atoms with Crippen LogP contribution in [0.5, 0.6) is 5.75 Å². The Morgan fingerprint density at radius 1 is 1.18 bits per heavy atom. The molecule has 0 saturated carbocycles. The third-order valence-corrected chi connectivity index (χ3v) is 3.43. The second kappa shape index (κ2) is 5.43. The molecule has 0 aromatic heterocycles. The molecule has 0 fully saturated rings. The van der Waals surface area contributed by atoms with Crippen molar-refractivity contribution in [3.63, 3.8) is 0 Å². The molecule has 2 rings (SSSR count). The van der Waals surface area contributed by atoms with E-state index in [2.05, 4.69) is 0 Å². The van der Waals surface area contributed by atoms with Crippen LogP contribution < -0.4 is 4.74 Å². The first-order chi connectivity index (χ1) is 8.19. The number of hydrogen-bond acceptors (Lipinski definition) is 2. The Kier molecular flexibility index (Phi) is 3.92. The molecule has 0 N–H and O–H groups in total. The van der Waals surface area contributed by atoms with Crippen molar-refractivity contribution in [1.82, 2.24) is 0 Å². The second-order valence-electron chi connectivity index (χ2n) is 3.35. The summed E-state index contributed by atoms with van der Waals surface area (Å²) in [5.41, 5.74) is 0. The molecule has 0 unspecified atom stereocenters. The molecule has 4 heteroatoms. The average Bonchev–Trinajstić information content (AvgIpc) is 2.31. The van der Waals surface area contributed by atoms with Crippen LogP contribution in [0.2, 0.25) is 5.02 Å². The lowest BCUT2D eigenvalue weighted by atomic mass is 10.3. The Hall–Kier alpha value is -1.19. The van der Waals surface area contributed by atoms with Crippen LogP contribution in [0.3, 0.4) is 0 Å². The van der Waals surface area contributed by atoms with Crippen LogP contribution in [0.25, 0.3) is 0 Å². The molecule has 88 valence electrons. The first-order valence-corrected chi connectivity index (χ1v) is 6.15. The van der Waals surface area contributed by atoms with Gasteiger partial charge in [0.15, 0.2) is 0 Å². The minimum absolute atomic E-state index is 0.247. The summed E-state index contributed by atoms with van der Waals surface area (Å²) in [6.07, 6.45) is 0. The summed E-state index contributed by atoms with van der Waals surface area (Å²) in [5.74, 6) is 0.440. The molecule has 0 heterocycles. The Morgan fingerprint density at radius 2 is 2.00 bits per heavy atom. The molecule has 0 aliphatic heterocycles. The van der Waals surface area contributed by atoms with Gasteiger partial charge in [0.1, 0.15) is 11.6 Å². The van der Waals surface area contributed by atoms with E-state index in [0.29, 0.717) is 10.8 Å². The molecule has 0 bridgehead atoms. The fourth-order valence-electron chi connectivity index (χ4n) is 1.38. The summed E-state index contributed by atoms with van der Waals surface area (Å²) in [6, 6.07) is 11.8. The van der Waals surface area contributed by atoms with E-state index in [-0.39, 0.29) is 5.82 Å². The van der Waals surface area contributed by atoms with Crippen molar-refractivity contribution < 1.29 is 9.13 Å². The Bertz CT molecular complexity index is 531. The predicted molar refractivity (Wildman–Crippen MR) is 68.5 cm³/mol. The van der Waals surface area contributed by atoms with E-state index in [4.69, 9.17) is 16.3 Å². The van der Waals surface area contributed by atoms with Gasteiger partial charge < -0.3 is 4.74 Å². The van der Waals surface area contributed by atoms with Gasteiger partial charge in [0.2, 0.25) is 0 Å². The van der Waals surface area contributed by atoms with Crippen molar-refractivity contribution >= 4 is 23.4 Å². The van der Waals surface area contributed by atoms with Crippen LogP contribution in [0.4, 0.5) is 4.39 Å². The predicted octanol–water partition coefficient (Wildman–Crippen LogP) is 4.64. The van der Waals surface area contributed by atoms with E-state index in [1.165, 1.54) is 23.9 Å². The molecule has 1 nitrogen and oxygen atoms in total. The van der Waals surface area contributed by atoms with Gasteiger partial charge in [-0.2, -0.15) is 0 Å². The highest BCUT2D eigenvalue weighted by Crippen LogP contribution is 2.36. The fourth-order valence-corrected chi connectivity index (χ4v) is 2.50. The molecule has 0 aliphatic carbocycles. The molecule has 0 aliphatic rings. The van der Waals surface area contributed by atoms with Gasteiger partial charge in [-0.25, -0.2) is 4.39 Å². The van der Waals surface area contributed by atoms with Crippen molar-refractivity contribution in [2.75, 3.05) is 7.11 Å². The maximum absolute atomic E-state index is 13.1. The van der Waals surface area contributed by atoms with Crippen LogP contribution in [0, 0.1) is 5.82 Å². The SMILES string of the molecule is COc1cc(Cl)ccc1Sc1cccc(F)c1. The first kappa shape index (κ1) is 12.3. The topological polar surface area (TPSA) is 9.23 Å². The van der Waals surface area contributed by atoms with Crippen molar-refractivity contribution in [2.45, 2.75) is 9.79 Å². The lowest BCUT2D eigenvalue weighted by Gasteiger charge is -2.08. The van der Waals surface area contributed by atoms with Crippen LogP contribution in [-0.2, 0) is 0 Å². The molecule has 17 heavy (non-hydrogen) atoms. The quantitative estimate of drug-likeness (QED) is 0.802. The minimum atomic E-state index is -0.247. The molecule has 2 aromatic carbocycles. The van der Waals surface area contributed by atoms with E-state index in [1.807, 2.05) is 12.1 Å². The summed E-state index contributed by atoms with van der Waals surface area (Å²) in [7, 11) is 1.58. The Balaban J connectivity index is 2.29. The zero-order valence-corrected chi connectivity index (χ0v) is 10.7. The van der Waals surface area contributed by atoms with Gasteiger partial charge in [-0.1, -0.05) is 29.4 Å². The number of benzene rings is 2. The lowest BCUT2D eigenvalue weighted by molar-refractivity contribution is 0.405. The van der Waals surface area contributed by atoms with E-state index in [9.17, 15) is 4.39 Å². The standard InChI is InChI=1S/C13H10ClFOS/c1-16-12-7-9(14)5-6-13(12)17-11-4-2-3-10(15)8-11/h2-8H,1H3. The largest absolute Gasteiger partial charge is 0.496 e. The smallest absolute Gasteiger partial charge is 0.134 e. The highest BCUT2D eigenvalue weighted by Gasteiger charge is 2.06. The van der Waals surface area contributed by atoms with Gasteiger partial charge in [-0.3, -0.25) is 0 Å². The second-order valence-corrected chi connectivity index (χ2v) is 4.91. The van der Waals surface area contributed by atoms with E-state index < -0.39 is 0 Å². The van der Waals surface area contributed by atoms with Gasteiger partial charge in [0, 0.05) is 9.92 Å². The summed E-state index contributed by atoms with van der Waals surface area (Å²) >= 11 is 7.31. The van der Waals surface area contributed by atoms with E-state index >= 15 is 0 Å². The summed E-state index contributed by atoms with van der Waals surface area (Å²) in [4.78, 5) is 1.73. The van der Waals surface area contributed by atoms with Crippen molar-refractivity contribution in [3.05, 3.63) is 53.3 Å². The maximum Gasteiger partial charge on any atom is 0.134 e. The zero-order chi connectivity index (χ0) is 12.3. The van der Waals surface area contributed by atoms with E-state index in [0.717, 1.165) is 9.79 Å². The van der Waals surface area contributed by atoms with E-state index in [1.54, 1.807) is 25.3 Å². The monoisotopic (exact) mass is 268 g/mol. The molecule has 0 spiro atoms. The highest BCUT2D eigenvalue weighted by atomic mass is 35.5. The first-order valence-electron chi connectivity index (χ1n) is 4.96. The van der Waals surface area contributed by atoms with Gasteiger partial charge >= 0.3 is 0 Å². The average molecular weight is 269 g/mol. The van der Waals surface area contributed by atoms with Gasteiger partial charge in [-0.05, 0) is 36.4 Å². The van der Waals surface area contributed by atoms with Crippen LogP contribution in [-0.4, -0.2) is 7.11 Å². The van der Waals surface area contributed by atoms with Crippen molar-refractivity contribution in [3.8, 4) is 5.75 Å². The van der Waals surface area contributed by atoms with Gasteiger partial charge in [0.25, 0.3) is 0 Å². The summed E-state index contributed by atoms with van der Waals surface area (Å²) < 4.78 is 18.3. The Labute approximate surface area is 109 Å². The van der Waals surface area contributed by atoms with Gasteiger partial charge in [0.05, 0.1) is 12.0 Å². The number of ether oxygens (including phenoxy) is 1. The van der Waals surface area contributed by atoms with Crippen LogP contribution >= 0.6 is 23.4 Å². The molecule has 0 saturated heterocycles. The molecule has 0 amide bonds. The number of methoxy groups -OCH3 is 1. The molecule has 0 radical (unpaired) electrons. The number of hydrogen-bond donors (Lipinski definition) is 0. The van der Waals surface area contributed by atoms with Crippen LogP contribution in [0.1, 0.15) is 0 Å². The summed E-state index contributed by atoms with van der Waals surface area (Å²) in [5, 5.41) is 0.616. The maximum atomic E-state index is 13.1. The summed E-state index contributed by atoms with van der Waals surface area (Å²) in [6.45, 7) is 0. The highest BCUT2D eigenvalue weighted by molar-refractivity contribution is 7.99. The lowest BCUT2D eigenvalue weighted by Crippen LogP contribution is -1.86. The third kappa shape index (κ3) is 3.14. The molecular formula is C13H10ClFOS. The van der Waals surface area contributed by atoms with Crippen LogP contribution in [0.15, 0.2) is 52.3 Å². The number of rotatable bonds is 3. The van der Waals surface area contributed by atoms with Crippen molar-refractivity contribution in [2.24, 2.45) is 0 Å². The molecule has 0 atom stereocenters. The third-order valence-electron chi connectivity index (χ3n) is 2.15. The molecular weight excluding hydrogens is 259 g/mol. The van der Waals surface area contributed by atoms with Gasteiger partial charge in [-0.15, -0.1) is 0 Å². The normalized spacial score (nSPS) is 10.3. The minimum Gasteiger partial charge on any atom is -0.496 e. The zero-order valence-electron chi connectivity index (χ0n) is 9.11. The molecule has 2 aromatic rings. The van der Waals surface area contributed by atoms with Crippen molar-refractivity contribution in [1.29, 1.82) is 0 Å². The number of halogens is 2. The fraction of sp³-hybridized carbons (Fsp3) is 0.0769. The Morgan fingerprint density at radius 3 is 2.71 bits per heavy atom.